The normalized spacial score (nSPS) is 15.7. The Balaban J connectivity index is 1.42. The fourth-order valence-electron chi connectivity index (χ4n) is 4.72. The zero-order valence-electron chi connectivity index (χ0n) is 21.3. The molecule has 196 valence electrons. The minimum atomic E-state index is -0.699. The van der Waals surface area contributed by atoms with E-state index >= 15 is 0 Å². The number of nitrogens with zero attached hydrogens (tertiary/aromatic N) is 1. The monoisotopic (exact) mass is 514 g/mol. The average Bonchev–Trinajstić information content (AvgIpc) is 3.39. The van der Waals surface area contributed by atoms with E-state index in [0.29, 0.717) is 53.5 Å². The summed E-state index contributed by atoms with van der Waals surface area (Å²) in [6.45, 7) is 4.86. The number of nitrogens with one attached hydrogen (secondary N) is 2. The molecule has 0 saturated heterocycles. The standard InChI is InChI=1S/C29H30N4O5/c1-17(2)10-24-28(35)32-22-12-20(27(34)31-15-19-5-3-4-18(11-19)14-30)6-8-23(22)33(24)29(36)21-7-9-25-26(13-21)38-16-37-25/h3-9,11-13,17,24H,10,14-16,30H2,1-2H3,(H,31,34)(H,32,35). The van der Waals surface area contributed by atoms with Gasteiger partial charge in [0.05, 0.1) is 11.4 Å². The van der Waals surface area contributed by atoms with Crippen molar-refractivity contribution < 1.29 is 23.9 Å². The molecule has 0 radical (unpaired) electrons. The van der Waals surface area contributed by atoms with E-state index in [1.54, 1.807) is 36.4 Å². The van der Waals surface area contributed by atoms with Gasteiger partial charge in [0, 0.05) is 24.2 Å². The van der Waals surface area contributed by atoms with E-state index in [2.05, 4.69) is 10.6 Å². The largest absolute Gasteiger partial charge is 0.454 e. The Morgan fingerprint density at radius 1 is 1.03 bits per heavy atom. The molecule has 2 heterocycles. The van der Waals surface area contributed by atoms with E-state index < -0.39 is 6.04 Å². The smallest absolute Gasteiger partial charge is 0.259 e. The van der Waals surface area contributed by atoms with Gasteiger partial charge >= 0.3 is 0 Å². The lowest BCUT2D eigenvalue weighted by Gasteiger charge is -2.37. The van der Waals surface area contributed by atoms with Gasteiger partial charge in [0.1, 0.15) is 6.04 Å². The molecule has 9 nitrogen and oxygen atoms in total. The van der Waals surface area contributed by atoms with Crippen molar-refractivity contribution in [2.45, 2.75) is 39.4 Å². The van der Waals surface area contributed by atoms with Crippen LogP contribution >= 0.6 is 0 Å². The van der Waals surface area contributed by atoms with Crippen LogP contribution in [0.2, 0.25) is 0 Å². The quantitative estimate of drug-likeness (QED) is 0.441. The van der Waals surface area contributed by atoms with Crippen molar-refractivity contribution in [1.82, 2.24) is 5.32 Å². The predicted octanol–water partition coefficient (Wildman–Crippen LogP) is 3.82. The first-order chi connectivity index (χ1) is 18.3. The summed E-state index contributed by atoms with van der Waals surface area (Å²) >= 11 is 0. The van der Waals surface area contributed by atoms with Crippen molar-refractivity contribution in [2.24, 2.45) is 11.7 Å². The number of fused-ring (bicyclic) bond motifs is 2. The molecule has 3 amide bonds. The third-order valence-corrected chi connectivity index (χ3v) is 6.60. The van der Waals surface area contributed by atoms with Crippen molar-refractivity contribution in [3.63, 3.8) is 0 Å². The average molecular weight is 515 g/mol. The molecule has 0 spiro atoms. The van der Waals surface area contributed by atoms with Gasteiger partial charge in [0.15, 0.2) is 11.5 Å². The molecule has 1 unspecified atom stereocenters. The summed E-state index contributed by atoms with van der Waals surface area (Å²) in [5, 5.41) is 5.81. The molecular weight excluding hydrogens is 484 g/mol. The number of carbonyl (C=O) groups excluding carboxylic acids is 3. The van der Waals surface area contributed by atoms with E-state index in [-0.39, 0.29) is 30.4 Å². The molecule has 2 aliphatic rings. The van der Waals surface area contributed by atoms with Gasteiger partial charge in [-0.15, -0.1) is 0 Å². The number of benzene rings is 3. The van der Waals surface area contributed by atoms with Gasteiger partial charge in [-0.1, -0.05) is 38.1 Å². The van der Waals surface area contributed by atoms with Crippen LogP contribution in [-0.2, 0) is 17.9 Å². The van der Waals surface area contributed by atoms with E-state index in [1.807, 2.05) is 38.1 Å². The Hall–Kier alpha value is -4.37. The van der Waals surface area contributed by atoms with Crippen LogP contribution < -0.4 is 30.7 Å². The Bertz CT molecular complexity index is 1400. The maximum atomic E-state index is 13.8. The summed E-state index contributed by atoms with van der Waals surface area (Å²) in [7, 11) is 0. The zero-order valence-corrected chi connectivity index (χ0v) is 21.3. The molecule has 3 aromatic rings. The topological polar surface area (TPSA) is 123 Å². The van der Waals surface area contributed by atoms with Gasteiger partial charge < -0.3 is 25.8 Å². The lowest BCUT2D eigenvalue weighted by Crippen LogP contribution is -2.51. The second-order valence-corrected chi connectivity index (χ2v) is 9.82. The summed E-state index contributed by atoms with van der Waals surface area (Å²) in [5.41, 5.74) is 9.32. The molecule has 4 N–H and O–H groups in total. The Morgan fingerprint density at radius 2 is 1.79 bits per heavy atom. The molecule has 1 atom stereocenters. The number of hydrogen-bond donors (Lipinski definition) is 3. The molecule has 0 aromatic heterocycles. The van der Waals surface area contributed by atoms with Crippen molar-refractivity contribution in [2.75, 3.05) is 17.0 Å². The van der Waals surface area contributed by atoms with Crippen LogP contribution in [0.5, 0.6) is 11.5 Å². The van der Waals surface area contributed by atoms with Crippen LogP contribution in [0.1, 0.15) is 52.1 Å². The molecule has 0 fully saturated rings. The first-order valence-electron chi connectivity index (χ1n) is 12.6. The number of rotatable bonds is 7. The number of ether oxygens (including phenoxy) is 2. The highest BCUT2D eigenvalue weighted by atomic mass is 16.7. The number of anilines is 2. The second kappa shape index (κ2) is 10.5. The molecule has 9 heteroatoms. The minimum absolute atomic E-state index is 0.0984. The van der Waals surface area contributed by atoms with Gasteiger partial charge in [-0.25, -0.2) is 0 Å². The van der Waals surface area contributed by atoms with Crippen molar-refractivity contribution in [3.05, 3.63) is 82.9 Å². The third-order valence-electron chi connectivity index (χ3n) is 6.60. The van der Waals surface area contributed by atoms with E-state index in [9.17, 15) is 14.4 Å². The Kier molecular flexibility index (Phi) is 7.02. The van der Waals surface area contributed by atoms with Crippen LogP contribution in [0.25, 0.3) is 0 Å². The third kappa shape index (κ3) is 5.05. The van der Waals surface area contributed by atoms with E-state index in [1.165, 1.54) is 4.90 Å². The molecule has 2 aliphatic heterocycles. The minimum Gasteiger partial charge on any atom is -0.454 e. The van der Waals surface area contributed by atoms with E-state index in [0.717, 1.165) is 11.1 Å². The molecule has 0 bridgehead atoms. The summed E-state index contributed by atoms with van der Waals surface area (Å²) in [4.78, 5) is 41.5. The van der Waals surface area contributed by atoms with Crippen LogP contribution in [0, 0.1) is 5.92 Å². The van der Waals surface area contributed by atoms with Crippen molar-refractivity contribution in [3.8, 4) is 11.5 Å². The lowest BCUT2D eigenvalue weighted by molar-refractivity contribution is -0.117. The second-order valence-electron chi connectivity index (χ2n) is 9.82. The fraction of sp³-hybridized carbons (Fsp3) is 0.276. The molecule has 5 rings (SSSR count). The highest BCUT2D eigenvalue weighted by Gasteiger charge is 2.38. The number of hydrogen-bond acceptors (Lipinski definition) is 6. The van der Waals surface area contributed by atoms with Crippen LogP contribution in [0.4, 0.5) is 11.4 Å². The van der Waals surface area contributed by atoms with Crippen LogP contribution in [-0.4, -0.2) is 30.6 Å². The summed E-state index contributed by atoms with van der Waals surface area (Å²) < 4.78 is 10.8. The van der Waals surface area contributed by atoms with Gasteiger partial charge in [-0.3, -0.25) is 19.3 Å². The SMILES string of the molecule is CC(C)CC1C(=O)Nc2cc(C(=O)NCc3cccc(CN)c3)ccc2N1C(=O)c1ccc2c(c1)OCO2. The lowest BCUT2D eigenvalue weighted by atomic mass is 9.96. The summed E-state index contributed by atoms with van der Waals surface area (Å²) in [6.07, 6.45) is 0.478. The number of amides is 3. The maximum absolute atomic E-state index is 13.8. The molecular formula is C29H30N4O5. The number of carbonyl (C=O) groups is 3. The molecule has 0 saturated carbocycles. The molecule has 38 heavy (non-hydrogen) atoms. The van der Waals surface area contributed by atoms with Crippen LogP contribution in [0.15, 0.2) is 60.7 Å². The van der Waals surface area contributed by atoms with Crippen molar-refractivity contribution >= 4 is 29.1 Å². The molecule has 3 aromatic carbocycles. The fourth-order valence-corrected chi connectivity index (χ4v) is 4.72. The first-order valence-corrected chi connectivity index (χ1v) is 12.6. The number of nitrogens with two attached hydrogens (primary N) is 1. The van der Waals surface area contributed by atoms with Gasteiger partial charge in [-0.2, -0.15) is 0 Å². The van der Waals surface area contributed by atoms with Crippen LogP contribution in [0.3, 0.4) is 0 Å². The zero-order chi connectivity index (χ0) is 26.8. The first kappa shape index (κ1) is 25.3. The highest BCUT2D eigenvalue weighted by Crippen LogP contribution is 2.38. The molecule has 0 aliphatic carbocycles. The van der Waals surface area contributed by atoms with Gasteiger partial charge in [-0.05, 0) is 59.9 Å². The summed E-state index contributed by atoms with van der Waals surface area (Å²) in [6, 6.07) is 16.9. The van der Waals surface area contributed by atoms with E-state index in [4.69, 9.17) is 15.2 Å². The maximum Gasteiger partial charge on any atom is 0.259 e. The predicted molar refractivity (Wildman–Crippen MR) is 143 cm³/mol. The van der Waals surface area contributed by atoms with Gasteiger partial charge in [0.25, 0.3) is 11.8 Å². The highest BCUT2D eigenvalue weighted by molar-refractivity contribution is 6.17. The summed E-state index contributed by atoms with van der Waals surface area (Å²) in [5.74, 6) is 0.309. The van der Waals surface area contributed by atoms with Crippen molar-refractivity contribution in [1.29, 1.82) is 0 Å². The Morgan fingerprint density at radius 3 is 2.58 bits per heavy atom. The van der Waals surface area contributed by atoms with Gasteiger partial charge in [0.2, 0.25) is 12.7 Å². The Labute approximate surface area is 220 Å².